The molecule has 0 spiro atoms. The van der Waals surface area contributed by atoms with Gasteiger partial charge in [0.05, 0.1) is 24.7 Å². The number of ether oxygens (including phenoxy) is 1. The lowest BCUT2D eigenvalue weighted by molar-refractivity contribution is -0.136. The molecule has 1 atom stereocenters. The zero-order valence-electron chi connectivity index (χ0n) is 14.7. The first-order valence-electron chi connectivity index (χ1n) is 8.30. The third-order valence-corrected chi connectivity index (χ3v) is 4.50. The molecule has 0 bridgehead atoms. The van der Waals surface area contributed by atoms with Gasteiger partial charge in [-0.15, -0.1) is 0 Å². The Hall–Kier alpha value is -1.50. The number of amides is 1. The molecule has 5 nitrogen and oxygen atoms in total. The number of morpholine rings is 1. The molecule has 1 aromatic carbocycles. The van der Waals surface area contributed by atoms with Crippen molar-refractivity contribution in [1.82, 2.24) is 9.80 Å². The summed E-state index contributed by atoms with van der Waals surface area (Å²) < 4.78 is 18.4. The van der Waals surface area contributed by atoms with E-state index < -0.39 is 11.5 Å². The molecule has 1 N–H and O–H groups in total. The molecule has 2 rings (SSSR count). The van der Waals surface area contributed by atoms with Crippen LogP contribution in [0.4, 0.5) is 4.39 Å². The number of likely N-dealkylation sites (N-methyl/N-ethyl adjacent to an activating group) is 1. The molecule has 0 saturated carbocycles. The highest BCUT2D eigenvalue weighted by atomic mass is 19.1. The number of rotatable bonds is 6. The lowest BCUT2D eigenvalue weighted by Gasteiger charge is -2.33. The van der Waals surface area contributed by atoms with E-state index in [0.29, 0.717) is 19.8 Å². The fourth-order valence-corrected chi connectivity index (χ4v) is 3.01. The Morgan fingerprint density at radius 3 is 2.50 bits per heavy atom. The third-order valence-electron chi connectivity index (χ3n) is 4.50. The number of carbonyl (C=O) groups is 1. The largest absolute Gasteiger partial charge is 0.390 e. The molecule has 0 radical (unpaired) electrons. The fraction of sp³-hybridized carbons (Fsp3) is 0.611. The second kappa shape index (κ2) is 8.05. The zero-order chi connectivity index (χ0) is 17.7. The molecular weight excluding hydrogens is 311 g/mol. The molecule has 1 unspecified atom stereocenters. The molecule has 6 heteroatoms. The van der Waals surface area contributed by atoms with Crippen LogP contribution >= 0.6 is 0 Å². The van der Waals surface area contributed by atoms with Gasteiger partial charge in [-0.3, -0.25) is 9.69 Å². The van der Waals surface area contributed by atoms with Crippen molar-refractivity contribution in [2.24, 2.45) is 0 Å². The van der Waals surface area contributed by atoms with Gasteiger partial charge in [0.1, 0.15) is 5.82 Å². The highest BCUT2D eigenvalue weighted by Gasteiger charge is 2.33. The van der Waals surface area contributed by atoms with E-state index in [-0.39, 0.29) is 18.3 Å². The molecule has 24 heavy (non-hydrogen) atoms. The number of carbonyl (C=O) groups excluding carboxylic acids is 1. The standard InChI is InChI=1S/C18H27FN2O3/c1-18(2,14-4-6-15(19)7-5-14)17(23)20(3)12-16(22)13-21-8-10-24-11-9-21/h4-7,16,22H,8-13H2,1-3H3. The summed E-state index contributed by atoms with van der Waals surface area (Å²) in [6.07, 6.45) is -0.610. The SMILES string of the molecule is CN(CC(O)CN1CCOCC1)C(=O)C(C)(C)c1ccc(F)cc1. The van der Waals surface area contributed by atoms with Crippen LogP contribution in [0.25, 0.3) is 0 Å². The number of benzene rings is 1. The van der Waals surface area contributed by atoms with E-state index in [1.54, 1.807) is 24.1 Å². The number of nitrogens with zero attached hydrogens (tertiary/aromatic N) is 2. The summed E-state index contributed by atoms with van der Waals surface area (Å²) in [4.78, 5) is 16.5. The Bertz CT molecular complexity index is 542. The van der Waals surface area contributed by atoms with Crippen LogP contribution in [-0.4, -0.2) is 73.4 Å². The van der Waals surface area contributed by atoms with Crippen LogP contribution in [0.3, 0.4) is 0 Å². The van der Waals surface area contributed by atoms with Crippen molar-refractivity contribution in [1.29, 1.82) is 0 Å². The van der Waals surface area contributed by atoms with Crippen LogP contribution in [0.5, 0.6) is 0 Å². The Labute approximate surface area is 143 Å². The molecule has 1 aromatic rings. The van der Waals surface area contributed by atoms with Crippen molar-refractivity contribution in [3.8, 4) is 0 Å². The molecule has 134 valence electrons. The average molecular weight is 338 g/mol. The molecule has 1 fully saturated rings. The lowest BCUT2D eigenvalue weighted by atomic mass is 9.83. The average Bonchev–Trinajstić information content (AvgIpc) is 2.55. The van der Waals surface area contributed by atoms with Crippen molar-refractivity contribution in [2.75, 3.05) is 46.4 Å². The summed E-state index contributed by atoms with van der Waals surface area (Å²) in [6, 6.07) is 5.98. The Morgan fingerprint density at radius 1 is 1.33 bits per heavy atom. The minimum absolute atomic E-state index is 0.102. The van der Waals surface area contributed by atoms with Crippen molar-refractivity contribution >= 4 is 5.91 Å². The first-order valence-corrected chi connectivity index (χ1v) is 8.30. The molecular formula is C18H27FN2O3. The van der Waals surface area contributed by atoms with Crippen LogP contribution in [-0.2, 0) is 14.9 Å². The molecule has 1 aliphatic rings. The molecule has 1 aliphatic heterocycles. The van der Waals surface area contributed by atoms with Gasteiger partial charge in [-0.2, -0.15) is 0 Å². The van der Waals surface area contributed by atoms with Crippen molar-refractivity contribution < 1.29 is 19.0 Å². The van der Waals surface area contributed by atoms with E-state index >= 15 is 0 Å². The quantitative estimate of drug-likeness (QED) is 0.848. The smallest absolute Gasteiger partial charge is 0.232 e. The predicted octanol–water partition coefficient (Wildman–Crippen LogP) is 1.25. The van der Waals surface area contributed by atoms with Gasteiger partial charge in [0.25, 0.3) is 0 Å². The Kier molecular flexibility index (Phi) is 6.32. The van der Waals surface area contributed by atoms with E-state index in [1.165, 1.54) is 12.1 Å². The van der Waals surface area contributed by atoms with Crippen LogP contribution < -0.4 is 0 Å². The monoisotopic (exact) mass is 338 g/mol. The maximum absolute atomic E-state index is 13.1. The summed E-state index contributed by atoms with van der Waals surface area (Å²) in [5, 5.41) is 10.3. The predicted molar refractivity (Wildman–Crippen MR) is 90.3 cm³/mol. The summed E-state index contributed by atoms with van der Waals surface area (Å²) >= 11 is 0. The summed E-state index contributed by atoms with van der Waals surface area (Å²) in [7, 11) is 1.69. The Morgan fingerprint density at radius 2 is 1.92 bits per heavy atom. The number of hydrogen-bond donors (Lipinski definition) is 1. The van der Waals surface area contributed by atoms with E-state index in [1.807, 2.05) is 13.8 Å². The van der Waals surface area contributed by atoms with E-state index in [2.05, 4.69) is 4.90 Å². The van der Waals surface area contributed by atoms with Crippen molar-refractivity contribution in [3.05, 3.63) is 35.6 Å². The second-order valence-corrected chi connectivity index (χ2v) is 6.88. The van der Waals surface area contributed by atoms with Crippen LogP contribution in [0.15, 0.2) is 24.3 Å². The maximum Gasteiger partial charge on any atom is 0.232 e. The lowest BCUT2D eigenvalue weighted by Crippen LogP contribution is -2.48. The van der Waals surface area contributed by atoms with E-state index in [4.69, 9.17) is 4.74 Å². The molecule has 1 heterocycles. The minimum atomic E-state index is -0.777. The van der Waals surface area contributed by atoms with Gasteiger partial charge in [0.2, 0.25) is 5.91 Å². The molecule has 0 aliphatic carbocycles. The minimum Gasteiger partial charge on any atom is -0.390 e. The molecule has 1 saturated heterocycles. The third kappa shape index (κ3) is 4.75. The van der Waals surface area contributed by atoms with Gasteiger partial charge in [-0.25, -0.2) is 4.39 Å². The number of hydrogen-bond acceptors (Lipinski definition) is 4. The highest BCUT2D eigenvalue weighted by molar-refractivity contribution is 5.87. The van der Waals surface area contributed by atoms with Crippen LogP contribution in [0, 0.1) is 5.82 Å². The molecule has 0 aromatic heterocycles. The topological polar surface area (TPSA) is 53.0 Å². The summed E-state index contributed by atoms with van der Waals surface area (Å²) in [5.74, 6) is -0.425. The number of aliphatic hydroxyl groups excluding tert-OH is 1. The van der Waals surface area contributed by atoms with Crippen molar-refractivity contribution in [3.63, 3.8) is 0 Å². The molecule has 1 amide bonds. The first-order chi connectivity index (χ1) is 11.3. The first kappa shape index (κ1) is 18.8. The summed E-state index contributed by atoms with van der Waals surface area (Å²) in [5.41, 5.74) is -0.0235. The number of halogens is 1. The second-order valence-electron chi connectivity index (χ2n) is 6.88. The summed E-state index contributed by atoms with van der Waals surface area (Å²) in [6.45, 7) is 7.38. The van der Waals surface area contributed by atoms with E-state index in [9.17, 15) is 14.3 Å². The van der Waals surface area contributed by atoms with Gasteiger partial charge in [-0.05, 0) is 31.5 Å². The maximum atomic E-state index is 13.1. The van der Waals surface area contributed by atoms with Crippen LogP contribution in [0.1, 0.15) is 19.4 Å². The van der Waals surface area contributed by atoms with Crippen LogP contribution in [0.2, 0.25) is 0 Å². The Balaban J connectivity index is 1.93. The number of aliphatic hydroxyl groups is 1. The van der Waals surface area contributed by atoms with Crippen molar-refractivity contribution in [2.45, 2.75) is 25.4 Å². The van der Waals surface area contributed by atoms with E-state index in [0.717, 1.165) is 18.7 Å². The van der Waals surface area contributed by atoms with Gasteiger partial charge in [0, 0.05) is 33.2 Å². The normalized spacial score (nSPS) is 17.5. The fourth-order valence-electron chi connectivity index (χ4n) is 3.01. The van der Waals surface area contributed by atoms with Gasteiger partial charge in [0.15, 0.2) is 0 Å². The van der Waals surface area contributed by atoms with Gasteiger partial charge < -0.3 is 14.7 Å². The highest BCUT2D eigenvalue weighted by Crippen LogP contribution is 2.25. The zero-order valence-corrected chi connectivity index (χ0v) is 14.7. The van der Waals surface area contributed by atoms with Gasteiger partial charge >= 0.3 is 0 Å². The van der Waals surface area contributed by atoms with Gasteiger partial charge in [-0.1, -0.05) is 12.1 Å². The number of β-amino-alcohol motifs (C(OH)–C–C–N with tert-alkyl or cyclic N) is 1.